The predicted molar refractivity (Wildman–Crippen MR) is 80.1 cm³/mol. The van der Waals surface area contributed by atoms with Gasteiger partial charge in [-0.3, -0.25) is 27.8 Å². The first-order valence-electron chi connectivity index (χ1n) is 7.05. The van der Waals surface area contributed by atoms with Gasteiger partial charge in [0.15, 0.2) is 6.23 Å². The summed E-state index contributed by atoms with van der Waals surface area (Å²) in [5, 5.41) is 0. The Morgan fingerprint density at radius 3 is 2.09 bits per heavy atom. The van der Waals surface area contributed by atoms with Crippen molar-refractivity contribution in [3.8, 4) is 0 Å². The quantitative estimate of drug-likeness (QED) is 0.179. The summed E-state index contributed by atoms with van der Waals surface area (Å²) in [7, 11) is -17.8. The summed E-state index contributed by atoms with van der Waals surface area (Å²) in [6, 6.07) is 0. The van der Waals surface area contributed by atoms with E-state index in [-0.39, 0.29) is 124 Å². The van der Waals surface area contributed by atoms with Crippen molar-refractivity contribution >= 4 is 23.5 Å². The van der Waals surface area contributed by atoms with E-state index in [1.165, 1.54) is 25.3 Å². The van der Waals surface area contributed by atoms with Crippen molar-refractivity contribution in [2.75, 3.05) is 6.61 Å². The smallest absolute Gasteiger partial charge is 0.790 e. The van der Waals surface area contributed by atoms with E-state index < -0.39 is 53.7 Å². The summed E-state index contributed by atoms with van der Waals surface area (Å²) in [5.74, 6) is 0. The van der Waals surface area contributed by atoms with Crippen molar-refractivity contribution in [1.82, 2.24) is 9.55 Å². The fourth-order valence-corrected chi connectivity index (χ4v) is 4.83. The van der Waals surface area contributed by atoms with Gasteiger partial charge in [0.25, 0.3) is 21.2 Å². The Kier molecular flexibility index (Phi) is 19.5. The number of hydrogen-bond acceptors (Lipinski definition) is 13. The van der Waals surface area contributed by atoms with Crippen molar-refractivity contribution in [3.05, 3.63) is 44.8 Å². The van der Waals surface area contributed by atoms with Gasteiger partial charge >= 0.3 is 124 Å². The summed E-state index contributed by atoms with van der Waals surface area (Å²) in [5.41, 5.74) is -1.19. The van der Waals surface area contributed by atoms with E-state index in [0.717, 1.165) is 4.57 Å². The number of aromatic amines is 1. The Hall–Kier alpha value is 2.79. The third kappa shape index (κ3) is 13.4. The maximum Gasteiger partial charge on any atom is 1.00 e. The number of H-pyrrole nitrogens is 1. The number of hydrogen-bond donors (Lipinski definition) is 1. The van der Waals surface area contributed by atoms with Gasteiger partial charge in [-0.1, -0.05) is 6.08 Å². The molecular weight excluding hydrogens is 541 g/mol. The molecule has 0 saturated heterocycles. The van der Waals surface area contributed by atoms with Crippen molar-refractivity contribution in [2.24, 2.45) is 0 Å². The first-order valence-corrected chi connectivity index (χ1v) is 11.4. The number of aromatic nitrogens is 2. The molecule has 1 aromatic rings. The van der Waals surface area contributed by atoms with Crippen LogP contribution in [0.1, 0.15) is 11.8 Å². The fourth-order valence-electron chi connectivity index (χ4n) is 1.97. The number of phosphoric acid groups is 3. The number of rotatable bonds is 8. The fraction of sp³-hybridized carbons (Fsp3) is 0.400. The van der Waals surface area contributed by atoms with Crippen molar-refractivity contribution in [2.45, 2.75) is 19.3 Å². The van der Waals surface area contributed by atoms with E-state index >= 15 is 0 Å². The molecule has 0 fully saturated rings. The average Bonchev–Trinajstić information content (AvgIpc) is 2.94. The summed E-state index contributed by atoms with van der Waals surface area (Å²) in [4.78, 5) is 68.1. The molecule has 0 spiro atoms. The zero-order chi connectivity index (χ0) is 21.3. The third-order valence-electron chi connectivity index (χ3n) is 3.02. The van der Waals surface area contributed by atoms with E-state index in [1.807, 2.05) is 4.98 Å². The second-order valence-electron chi connectivity index (χ2n) is 5.23. The summed E-state index contributed by atoms with van der Waals surface area (Å²) in [6.07, 6.45) is 1.69. The Morgan fingerprint density at radius 1 is 1.00 bits per heavy atom. The van der Waals surface area contributed by atoms with Crippen LogP contribution in [0.5, 0.6) is 0 Å². The molecule has 158 valence electrons. The summed E-state index contributed by atoms with van der Waals surface area (Å²) >= 11 is 0. The van der Waals surface area contributed by atoms with E-state index in [9.17, 15) is 42.9 Å². The molecule has 0 saturated carbocycles. The van der Waals surface area contributed by atoms with Crippen LogP contribution in [0.2, 0.25) is 0 Å². The monoisotopic (exact) mass is 552 g/mol. The number of ether oxygens (including phenoxy) is 1. The van der Waals surface area contributed by atoms with Gasteiger partial charge in [0, 0.05) is 11.8 Å². The molecule has 1 aliphatic rings. The van der Waals surface area contributed by atoms with E-state index in [0.29, 0.717) is 0 Å². The zero-order valence-corrected chi connectivity index (χ0v) is 28.4. The van der Waals surface area contributed by atoms with Gasteiger partial charge in [0.1, 0.15) is 6.10 Å². The Labute approximate surface area is 269 Å². The molecule has 0 aliphatic carbocycles. The molecule has 0 bridgehead atoms. The van der Waals surface area contributed by atoms with E-state index in [2.05, 4.69) is 13.1 Å². The van der Waals surface area contributed by atoms with Crippen LogP contribution >= 0.6 is 23.5 Å². The number of nitrogens with one attached hydrogen (secondary N) is 1. The standard InChI is InChI=1S/C10H15N2O13P3.4Na/c1-6-4-12(10(14)11-9(6)13)8-3-2-7(23-8)5-22-27(18,19)25-28(20,21)24-26(15,16)17;;;;/h2-4,7-8H,5H2,1H3,(H,18,19)(H,20,21)(H,11,13,14)(H2,15,16,17);;;;/q;4*+1/p-4/t7-,8+;;;;/m0..../s1. The normalized spacial score (nSPS) is 21.0. The largest absolute Gasteiger partial charge is 1.00 e. The Bertz CT molecular complexity index is 1040. The molecular formula is C10H11N2Na4O13P3. The number of nitrogens with zero attached hydrogens (tertiary/aromatic N) is 1. The summed E-state index contributed by atoms with van der Waals surface area (Å²) < 4.78 is 49.7. The molecule has 1 N–H and O–H groups in total. The maximum absolute atomic E-state index is 11.8. The van der Waals surface area contributed by atoms with Crippen molar-refractivity contribution in [1.29, 1.82) is 0 Å². The molecule has 0 radical (unpaired) electrons. The van der Waals surface area contributed by atoms with Crippen molar-refractivity contribution in [3.63, 3.8) is 0 Å². The van der Waals surface area contributed by atoms with Gasteiger partial charge in [0.2, 0.25) is 0 Å². The second kappa shape index (κ2) is 15.9. The van der Waals surface area contributed by atoms with E-state index in [4.69, 9.17) is 4.74 Å². The van der Waals surface area contributed by atoms with Crippen LogP contribution in [0.15, 0.2) is 27.9 Å². The van der Waals surface area contributed by atoms with Crippen molar-refractivity contribution < 1.29 is 169 Å². The van der Waals surface area contributed by atoms with Gasteiger partial charge in [-0.15, -0.1) is 0 Å². The second-order valence-corrected chi connectivity index (χ2v) is 9.48. The molecule has 0 aromatic carbocycles. The first-order chi connectivity index (χ1) is 12.7. The van der Waals surface area contributed by atoms with Gasteiger partial charge in [0.05, 0.1) is 14.4 Å². The zero-order valence-electron chi connectivity index (χ0n) is 17.7. The molecule has 22 heteroatoms. The average molecular weight is 552 g/mol. The minimum atomic E-state index is -6.08. The molecule has 32 heavy (non-hydrogen) atoms. The molecule has 4 atom stereocenters. The molecule has 15 nitrogen and oxygen atoms in total. The van der Waals surface area contributed by atoms with Crippen LogP contribution in [0.4, 0.5) is 0 Å². The molecule has 2 rings (SSSR count). The molecule has 2 unspecified atom stereocenters. The van der Waals surface area contributed by atoms with E-state index in [1.54, 1.807) is 0 Å². The van der Waals surface area contributed by atoms with Crippen LogP contribution in [-0.2, 0) is 31.6 Å². The molecule has 1 aromatic heterocycles. The molecule has 2 heterocycles. The summed E-state index contributed by atoms with van der Waals surface area (Å²) in [6.45, 7) is 0.613. The van der Waals surface area contributed by atoms with Gasteiger partial charge in [-0.25, -0.2) is 9.11 Å². The molecule has 1 aliphatic heterocycles. The number of phosphoric ester groups is 1. The van der Waals surface area contributed by atoms with Gasteiger partial charge in [-0.05, 0) is 13.0 Å². The topological polar surface area (TPSA) is 235 Å². The minimum absolute atomic E-state index is 0. The Balaban J connectivity index is -0.00000210. The van der Waals surface area contributed by atoms with Crippen LogP contribution in [-0.4, -0.2) is 22.3 Å². The minimum Gasteiger partial charge on any atom is -0.790 e. The predicted octanol–water partition coefficient (Wildman–Crippen LogP) is -14.9. The SMILES string of the molecule is Cc1cn([C@H]2C=C[C@@H](COP(=O)([O-])OP(=O)([O-])OP(=O)([O-])[O-])O2)c(=O)[nH]c1=O.[Na+].[Na+].[Na+].[Na+]. The van der Waals surface area contributed by atoms with Crippen LogP contribution in [0.3, 0.4) is 0 Å². The third-order valence-corrected chi connectivity index (χ3v) is 6.69. The van der Waals surface area contributed by atoms with Gasteiger partial charge in [-0.2, -0.15) is 0 Å². The molecule has 0 amide bonds. The van der Waals surface area contributed by atoms with Crippen LogP contribution < -0.4 is 149 Å². The first kappa shape index (κ1) is 39.3. The van der Waals surface area contributed by atoms with Gasteiger partial charge < -0.3 is 33.4 Å². The Morgan fingerprint density at radius 2 is 1.56 bits per heavy atom. The maximum atomic E-state index is 11.8. The van der Waals surface area contributed by atoms with Crippen LogP contribution in [0.25, 0.3) is 0 Å². The number of aryl methyl sites for hydroxylation is 1. The van der Waals surface area contributed by atoms with Crippen LogP contribution in [0, 0.1) is 6.92 Å².